The van der Waals surface area contributed by atoms with Gasteiger partial charge in [-0.25, -0.2) is 22.5 Å². The lowest BCUT2D eigenvalue weighted by Crippen LogP contribution is -2.39. The van der Waals surface area contributed by atoms with Gasteiger partial charge < -0.3 is 25.6 Å². The lowest BCUT2D eigenvalue weighted by molar-refractivity contribution is 0.0156. The van der Waals surface area contributed by atoms with Crippen LogP contribution in [-0.2, 0) is 0 Å². The Hall–Kier alpha value is -3.00. The fourth-order valence-corrected chi connectivity index (χ4v) is 5.92. The Morgan fingerprint density at radius 2 is 2.00 bits per heavy atom. The molecular formula is C26H28ClF4N7OS. The van der Waals surface area contributed by atoms with E-state index in [0.29, 0.717) is 29.3 Å². The van der Waals surface area contributed by atoms with E-state index < -0.39 is 31.0 Å². The lowest BCUT2D eigenvalue weighted by atomic mass is 10.0. The summed E-state index contributed by atoms with van der Waals surface area (Å²) in [7, 11) is 3.27. The van der Waals surface area contributed by atoms with Crippen LogP contribution in [0.4, 0.5) is 28.5 Å². The number of nitrogens with one attached hydrogen (secondary N) is 1. The third-order valence-corrected chi connectivity index (χ3v) is 7.88. The van der Waals surface area contributed by atoms with Crippen LogP contribution in [0.15, 0.2) is 24.3 Å². The maximum Gasteiger partial charge on any atom is 0.318 e. The number of alkyl halides is 3. The van der Waals surface area contributed by atoms with Crippen LogP contribution in [-0.4, -0.2) is 85.4 Å². The normalized spacial score (nSPS) is 19.5. The van der Waals surface area contributed by atoms with E-state index in [9.17, 15) is 13.2 Å². The molecule has 2 saturated heterocycles. The Morgan fingerprint density at radius 1 is 1.20 bits per heavy atom. The Bertz CT molecular complexity index is 1530. The van der Waals surface area contributed by atoms with E-state index in [-0.39, 0.29) is 39.9 Å². The summed E-state index contributed by atoms with van der Waals surface area (Å²) in [4.78, 5) is 16.2. The predicted molar refractivity (Wildman–Crippen MR) is 151 cm³/mol. The highest BCUT2D eigenvalue weighted by atomic mass is 35.5. The van der Waals surface area contributed by atoms with E-state index in [4.69, 9.17) is 22.1 Å². The Morgan fingerprint density at radius 3 is 2.67 bits per heavy atom. The number of hydrogen-bond donors (Lipinski definition) is 2. The third-order valence-electron chi connectivity index (χ3n) is 6.73. The second-order valence-electron chi connectivity index (χ2n) is 9.78. The first-order valence-corrected chi connectivity index (χ1v) is 13.8. The highest BCUT2D eigenvalue weighted by Gasteiger charge is 2.35. The second-order valence-corrected chi connectivity index (χ2v) is 11.3. The summed E-state index contributed by atoms with van der Waals surface area (Å²) in [6.45, 7) is 1.08. The first-order valence-electron chi connectivity index (χ1n) is 12.6. The molecule has 0 spiro atoms. The SMILES string of the molecule is CN1CCC(F)C1.COc1nc(N2CCNCC(F)(F)C2)c2cc(Cl)c(-c3cccc4sc(N)nc34)c(F)c2n1. The molecule has 2 fully saturated rings. The number of para-hydroxylation sites is 1. The van der Waals surface area contributed by atoms with Crippen LogP contribution in [0.2, 0.25) is 5.02 Å². The summed E-state index contributed by atoms with van der Waals surface area (Å²) in [5.74, 6) is -3.59. The monoisotopic (exact) mass is 597 g/mol. The number of anilines is 2. The Kier molecular flexibility index (Phi) is 8.18. The maximum absolute atomic E-state index is 16.0. The number of methoxy groups -OCH3 is 1. The average molecular weight is 598 g/mol. The fourth-order valence-electron chi connectivity index (χ4n) is 4.87. The van der Waals surface area contributed by atoms with Crippen molar-refractivity contribution in [2.24, 2.45) is 0 Å². The lowest BCUT2D eigenvalue weighted by Gasteiger charge is -2.26. The van der Waals surface area contributed by atoms with Crippen molar-refractivity contribution < 1.29 is 22.3 Å². The zero-order chi connectivity index (χ0) is 28.6. The van der Waals surface area contributed by atoms with Gasteiger partial charge in [-0.15, -0.1) is 0 Å². The molecule has 6 rings (SSSR count). The minimum Gasteiger partial charge on any atom is -0.467 e. The zero-order valence-electron chi connectivity index (χ0n) is 21.9. The predicted octanol–water partition coefficient (Wildman–Crippen LogP) is 4.99. The summed E-state index contributed by atoms with van der Waals surface area (Å²) in [6.07, 6.45) is 0.182. The molecule has 1 atom stereocenters. The van der Waals surface area contributed by atoms with E-state index in [1.165, 1.54) is 29.4 Å². The summed E-state index contributed by atoms with van der Waals surface area (Å²) >= 11 is 7.84. The van der Waals surface area contributed by atoms with E-state index in [2.05, 4.69) is 20.3 Å². The number of nitrogen functional groups attached to an aromatic ring is 1. The molecule has 2 aliphatic heterocycles. The van der Waals surface area contributed by atoms with Gasteiger partial charge in [0.2, 0.25) is 0 Å². The molecule has 40 heavy (non-hydrogen) atoms. The largest absolute Gasteiger partial charge is 0.467 e. The van der Waals surface area contributed by atoms with Crippen LogP contribution in [0.3, 0.4) is 0 Å². The van der Waals surface area contributed by atoms with Gasteiger partial charge in [0.25, 0.3) is 5.92 Å². The molecular weight excluding hydrogens is 570 g/mol. The van der Waals surface area contributed by atoms with Crippen molar-refractivity contribution in [1.29, 1.82) is 0 Å². The third kappa shape index (κ3) is 5.87. The topological polar surface area (TPSA) is 92.4 Å². The van der Waals surface area contributed by atoms with Crippen LogP contribution in [0.1, 0.15) is 6.42 Å². The summed E-state index contributed by atoms with van der Waals surface area (Å²) in [5.41, 5.74) is 6.82. The number of thiazole rings is 1. The molecule has 4 aromatic rings. The van der Waals surface area contributed by atoms with Gasteiger partial charge in [-0.05, 0) is 25.6 Å². The molecule has 2 aromatic carbocycles. The Balaban J connectivity index is 0.000000403. The van der Waals surface area contributed by atoms with Crippen molar-refractivity contribution in [2.75, 3.05) is 64.1 Å². The molecule has 1 unspecified atom stereocenters. The zero-order valence-corrected chi connectivity index (χ0v) is 23.4. The van der Waals surface area contributed by atoms with Crippen LogP contribution >= 0.6 is 22.9 Å². The quantitative estimate of drug-likeness (QED) is 0.319. The second kappa shape index (κ2) is 11.5. The van der Waals surface area contributed by atoms with Crippen LogP contribution < -0.4 is 20.7 Å². The molecule has 0 bridgehead atoms. The smallest absolute Gasteiger partial charge is 0.318 e. The van der Waals surface area contributed by atoms with E-state index in [1.807, 2.05) is 18.0 Å². The first kappa shape index (κ1) is 28.5. The van der Waals surface area contributed by atoms with Crippen molar-refractivity contribution in [2.45, 2.75) is 18.5 Å². The molecule has 3 N–H and O–H groups in total. The Labute approximate surface area is 237 Å². The van der Waals surface area contributed by atoms with E-state index >= 15 is 4.39 Å². The summed E-state index contributed by atoms with van der Waals surface area (Å²) in [6, 6.07) is 6.64. The van der Waals surface area contributed by atoms with Gasteiger partial charge in [0.1, 0.15) is 17.5 Å². The molecule has 214 valence electrons. The number of fused-ring (bicyclic) bond motifs is 2. The van der Waals surface area contributed by atoms with Gasteiger partial charge >= 0.3 is 6.01 Å². The standard InChI is InChI=1S/C21H18ClF3N6OS.C5H10FN/c1-32-20-29-17-11(18(30-20)31-6-5-27-8-21(24,25)9-31)7-12(22)14(15(17)23)10-3-2-4-13-16(10)28-19(26)33-13;1-7-3-2-5(6)4-7/h2-4,7,27H,5-6,8-9H2,1H3,(H2,26,28);5H,2-4H2,1H3. The number of nitrogens with zero attached hydrogens (tertiary/aromatic N) is 5. The van der Waals surface area contributed by atoms with Crippen LogP contribution in [0.5, 0.6) is 6.01 Å². The molecule has 0 aliphatic carbocycles. The van der Waals surface area contributed by atoms with Gasteiger partial charge in [-0.1, -0.05) is 35.1 Å². The number of hydrogen-bond acceptors (Lipinski definition) is 9. The number of likely N-dealkylation sites (tertiary alicyclic amines) is 1. The van der Waals surface area contributed by atoms with Crippen LogP contribution in [0.25, 0.3) is 32.2 Å². The minimum atomic E-state index is -3.00. The van der Waals surface area contributed by atoms with Gasteiger partial charge in [-0.3, -0.25) is 0 Å². The molecule has 0 saturated carbocycles. The summed E-state index contributed by atoms with van der Waals surface area (Å²) < 4.78 is 62.6. The molecule has 4 heterocycles. The maximum atomic E-state index is 16.0. The van der Waals surface area contributed by atoms with Crippen molar-refractivity contribution in [3.63, 3.8) is 0 Å². The van der Waals surface area contributed by atoms with Crippen LogP contribution in [0, 0.1) is 5.82 Å². The molecule has 2 aromatic heterocycles. The van der Waals surface area contributed by atoms with Crippen molar-refractivity contribution in [1.82, 2.24) is 25.2 Å². The average Bonchev–Trinajstić information content (AvgIpc) is 3.43. The highest BCUT2D eigenvalue weighted by molar-refractivity contribution is 7.22. The van der Waals surface area contributed by atoms with Gasteiger partial charge in [0, 0.05) is 42.7 Å². The van der Waals surface area contributed by atoms with Gasteiger partial charge in [0.15, 0.2) is 10.9 Å². The minimum absolute atomic E-state index is 0.0776. The number of nitrogens with two attached hydrogens (primary N) is 1. The van der Waals surface area contributed by atoms with Crippen molar-refractivity contribution in [3.8, 4) is 17.1 Å². The first-order chi connectivity index (χ1) is 19.1. The number of aromatic nitrogens is 3. The highest BCUT2D eigenvalue weighted by Crippen LogP contribution is 2.42. The fraction of sp³-hybridized carbons (Fsp3) is 0.423. The van der Waals surface area contributed by atoms with Gasteiger partial charge in [0.05, 0.1) is 35.4 Å². The van der Waals surface area contributed by atoms with Crippen molar-refractivity contribution >= 4 is 55.0 Å². The summed E-state index contributed by atoms with van der Waals surface area (Å²) in [5, 5.41) is 3.34. The van der Waals surface area contributed by atoms with Gasteiger partial charge in [-0.2, -0.15) is 9.97 Å². The molecule has 0 radical (unpaired) electrons. The van der Waals surface area contributed by atoms with E-state index in [1.54, 1.807) is 12.1 Å². The number of benzene rings is 2. The molecule has 2 aliphatic rings. The number of rotatable bonds is 3. The molecule has 14 heteroatoms. The van der Waals surface area contributed by atoms with Crippen molar-refractivity contribution in [3.05, 3.63) is 35.1 Å². The molecule has 0 amide bonds. The number of ether oxygens (including phenoxy) is 1. The molecule has 8 nitrogen and oxygen atoms in total. The number of halogens is 5. The van der Waals surface area contributed by atoms with E-state index in [0.717, 1.165) is 17.7 Å².